The Bertz CT molecular complexity index is 1130. The normalized spacial score (nSPS) is 25.4. The average Bonchev–Trinajstić information content (AvgIpc) is 3.47. The van der Waals surface area contributed by atoms with Gasteiger partial charge in [0, 0.05) is 5.02 Å². The number of ether oxygens (including phenoxy) is 2. The van der Waals surface area contributed by atoms with Crippen LogP contribution in [0.1, 0.15) is 24.5 Å². The minimum Gasteiger partial charge on any atom is -0.490 e. The Kier molecular flexibility index (Phi) is 6.01. The van der Waals surface area contributed by atoms with Gasteiger partial charge in [-0.15, -0.1) is 0 Å². The van der Waals surface area contributed by atoms with E-state index in [1.807, 2.05) is 37.3 Å². The van der Waals surface area contributed by atoms with Gasteiger partial charge in [0.1, 0.15) is 6.61 Å². The second-order valence-electron chi connectivity index (χ2n) is 8.41. The van der Waals surface area contributed by atoms with E-state index in [-0.39, 0.29) is 35.5 Å². The number of allylic oxidation sites excluding steroid dienone is 2. The number of nitrogens with zero attached hydrogens (tertiary/aromatic N) is 2. The first-order valence-electron chi connectivity index (χ1n) is 10.9. The van der Waals surface area contributed by atoms with E-state index in [9.17, 15) is 9.59 Å². The molecule has 2 aromatic carbocycles. The number of imide groups is 1. The number of hydrogen-bond acceptors (Lipinski definition) is 5. The summed E-state index contributed by atoms with van der Waals surface area (Å²) in [5.74, 6) is 0.489. The molecule has 170 valence electrons. The molecule has 0 aromatic heterocycles. The molecule has 3 aliphatic rings. The van der Waals surface area contributed by atoms with Crippen LogP contribution in [0.25, 0.3) is 0 Å². The fourth-order valence-electron chi connectivity index (χ4n) is 4.93. The summed E-state index contributed by atoms with van der Waals surface area (Å²) < 4.78 is 12.5. The van der Waals surface area contributed by atoms with E-state index in [1.165, 1.54) is 6.21 Å². The van der Waals surface area contributed by atoms with Crippen LogP contribution < -0.4 is 9.47 Å². The quantitative estimate of drug-likeness (QED) is 0.280. The maximum absolute atomic E-state index is 12.8. The zero-order valence-electron chi connectivity index (χ0n) is 17.9. The molecule has 1 aliphatic heterocycles. The second-order valence-corrected chi connectivity index (χ2v) is 9.70. The Morgan fingerprint density at radius 2 is 1.76 bits per heavy atom. The second kappa shape index (κ2) is 8.95. The molecule has 0 radical (unpaired) electrons. The number of carbonyl (C=O) groups excluding carboxylic acids is 2. The van der Waals surface area contributed by atoms with Gasteiger partial charge in [-0.3, -0.25) is 9.59 Å². The molecule has 2 bridgehead atoms. The average molecular weight is 530 g/mol. The third-order valence-corrected chi connectivity index (χ3v) is 7.24. The van der Waals surface area contributed by atoms with Crippen LogP contribution in [-0.2, 0) is 16.2 Å². The maximum Gasteiger partial charge on any atom is 0.254 e. The van der Waals surface area contributed by atoms with Gasteiger partial charge >= 0.3 is 0 Å². The largest absolute Gasteiger partial charge is 0.490 e. The van der Waals surface area contributed by atoms with Crippen molar-refractivity contribution in [2.45, 2.75) is 20.0 Å². The lowest BCUT2D eigenvalue weighted by Gasteiger charge is -2.15. The summed E-state index contributed by atoms with van der Waals surface area (Å²) in [4.78, 5) is 25.7. The molecular weight excluding hydrogens is 508 g/mol. The van der Waals surface area contributed by atoms with Crippen molar-refractivity contribution in [2.24, 2.45) is 28.8 Å². The number of benzene rings is 2. The Morgan fingerprint density at radius 3 is 2.39 bits per heavy atom. The zero-order chi connectivity index (χ0) is 23.1. The molecule has 2 aromatic rings. The van der Waals surface area contributed by atoms with Crippen LogP contribution in [0, 0.1) is 23.7 Å². The minimum atomic E-state index is -0.265. The number of carbonyl (C=O) groups is 2. The lowest BCUT2D eigenvalue weighted by atomic mass is 9.85. The van der Waals surface area contributed by atoms with Gasteiger partial charge in [-0.2, -0.15) is 10.1 Å². The van der Waals surface area contributed by atoms with Crippen LogP contribution in [0.3, 0.4) is 0 Å². The van der Waals surface area contributed by atoms with E-state index in [0.717, 1.165) is 17.0 Å². The highest BCUT2D eigenvalue weighted by Crippen LogP contribution is 2.52. The first-order chi connectivity index (χ1) is 16.0. The zero-order valence-corrected chi connectivity index (χ0v) is 20.3. The van der Waals surface area contributed by atoms with E-state index in [4.69, 9.17) is 21.1 Å². The molecule has 8 heteroatoms. The summed E-state index contributed by atoms with van der Waals surface area (Å²) in [5, 5.41) is 5.97. The predicted molar refractivity (Wildman–Crippen MR) is 128 cm³/mol. The monoisotopic (exact) mass is 528 g/mol. The van der Waals surface area contributed by atoms with Gasteiger partial charge in [0.2, 0.25) is 0 Å². The molecule has 2 amide bonds. The van der Waals surface area contributed by atoms with Crippen LogP contribution in [0.4, 0.5) is 0 Å². The molecule has 0 N–H and O–H groups in total. The molecule has 1 heterocycles. The van der Waals surface area contributed by atoms with E-state index < -0.39 is 0 Å². The summed E-state index contributed by atoms with van der Waals surface area (Å²) in [6.07, 6.45) is 6.55. The molecule has 2 aliphatic carbocycles. The van der Waals surface area contributed by atoms with Crippen LogP contribution in [0.2, 0.25) is 5.02 Å². The molecule has 33 heavy (non-hydrogen) atoms. The van der Waals surface area contributed by atoms with Crippen molar-refractivity contribution in [2.75, 3.05) is 6.61 Å². The Hall–Kier alpha value is -2.64. The van der Waals surface area contributed by atoms with Gasteiger partial charge in [0.15, 0.2) is 11.5 Å². The summed E-state index contributed by atoms with van der Waals surface area (Å²) in [5.41, 5.74) is 1.65. The van der Waals surface area contributed by atoms with Crippen molar-refractivity contribution >= 4 is 45.6 Å². The lowest BCUT2D eigenvalue weighted by molar-refractivity contribution is -0.140. The molecule has 2 fully saturated rings. The molecule has 6 nitrogen and oxygen atoms in total. The van der Waals surface area contributed by atoms with E-state index >= 15 is 0 Å². The van der Waals surface area contributed by atoms with E-state index in [0.29, 0.717) is 39.8 Å². The van der Waals surface area contributed by atoms with E-state index in [2.05, 4.69) is 33.2 Å². The number of hydrogen-bond donors (Lipinski definition) is 0. The number of hydrazone groups is 1. The third-order valence-electron chi connectivity index (χ3n) is 6.40. The van der Waals surface area contributed by atoms with Gasteiger partial charge < -0.3 is 9.47 Å². The standard InChI is InChI=1S/C25H22BrClN2O4/c1-2-32-20-10-15(9-19(26)23(20)33-13-14-3-7-18(27)8-4-14)12-28-29-24(30)21-16-5-6-17(11-16)22(21)25(29)31/h3-10,12,16-17,21-22H,2,11,13H2,1H3/b28-12-/t16-,17-,21-,22+/m0/s1. The third kappa shape index (κ3) is 4.08. The molecule has 5 rings (SSSR count). The van der Waals surface area contributed by atoms with Gasteiger partial charge in [-0.05, 0) is 76.5 Å². The first kappa shape index (κ1) is 22.2. The maximum atomic E-state index is 12.8. The van der Waals surface area contributed by atoms with E-state index in [1.54, 1.807) is 6.07 Å². The van der Waals surface area contributed by atoms with Crippen molar-refractivity contribution in [1.29, 1.82) is 0 Å². The fraction of sp³-hybridized carbons (Fsp3) is 0.320. The summed E-state index contributed by atoms with van der Waals surface area (Å²) in [6.45, 7) is 2.69. The molecule has 1 saturated heterocycles. The van der Waals surface area contributed by atoms with Crippen molar-refractivity contribution in [3.63, 3.8) is 0 Å². The summed E-state index contributed by atoms with van der Waals surface area (Å²) >= 11 is 9.50. The predicted octanol–water partition coefficient (Wildman–Crippen LogP) is 5.22. The fourth-order valence-corrected chi connectivity index (χ4v) is 5.63. The lowest BCUT2D eigenvalue weighted by Crippen LogP contribution is -2.28. The highest BCUT2D eigenvalue weighted by molar-refractivity contribution is 9.10. The highest BCUT2D eigenvalue weighted by atomic mass is 79.9. The molecule has 4 atom stereocenters. The van der Waals surface area contributed by atoms with Gasteiger partial charge in [0.05, 0.1) is 29.1 Å². The number of rotatable bonds is 7. The van der Waals surface area contributed by atoms with Crippen molar-refractivity contribution in [3.05, 3.63) is 69.2 Å². The number of halogens is 2. The van der Waals surface area contributed by atoms with Crippen molar-refractivity contribution < 1.29 is 19.1 Å². The van der Waals surface area contributed by atoms with Crippen molar-refractivity contribution in [1.82, 2.24) is 5.01 Å². The summed E-state index contributed by atoms with van der Waals surface area (Å²) in [6, 6.07) is 11.0. The van der Waals surface area contributed by atoms with Crippen LogP contribution >= 0.6 is 27.5 Å². The number of fused-ring (bicyclic) bond motifs is 5. The van der Waals surface area contributed by atoms with Crippen molar-refractivity contribution in [3.8, 4) is 11.5 Å². The van der Waals surface area contributed by atoms with Crippen LogP contribution in [0.15, 0.2) is 58.1 Å². The molecule has 1 saturated carbocycles. The topological polar surface area (TPSA) is 68.2 Å². The molecule has 0 unspecified atom stereocenters. The van der Waals surface area contributed by atoms with Gasteiger partial charge in [0.25, 0.3) is 11.8 Å². The smallest absolute Gasteiger partial charge is 0.254 e. The molecular formula is C25H22BrClN2O4. The summed E-state index contributed by atoms with van der Waals surface area (Å²) in [7, 11) is 0. The van der Waals surface area contributed by atoms with Crippen LogP contribution in [0.5, 0.6) is 11.5 Å². The highest BCUT2D eigenvalue weighted by Gasteiger charge is 2.59. The minimum absolute atomic E-state index is 0.160. The Morgan fingerprint density at radius 1 is 1.09 bits per heavy atom. The van der Waals surface area contributed by atoms with Gasteiger partial charge in [-0.25, -0.2) is 0 Å². The van der Waals surface area contributed by atoms with Gasteiger partial charge in [-0.1, -0.05) is 35.9 Å². The SMILES string of the molecule is CCOc1cc(/C=N\N2C(=O)[C@@H]3[C@H](C2=O)[C@H]2C=C[C@H]3C2)cc(Br)c1OCc1ccc(Cl)cc1. The first-order valence-corrected chi connectivity index (χ1v) is 12.1. The van der Waals surface area contributed by atoms with Crippen LogP contribution in [-0.4, -0.2) is 29.6 Å². The molecule has 0 spiro atoms. The number of amides is 2. The Labute approximate surface area is 205 Å². The Balaban J connectivity index is 1.34.